The van der Waals surface area contributed by atoms with Gasteiger partial charge in [0.2, 0.25) is 0 Å². The topological polar surface area (TPSA) is 91.2 Å². The molecule has 116 valence electrons. The second-order valence-corrected chi connectivity index (χ2v) is 4.62. The van der Waals surface area contributed by atoms with Crippen LogP contribution in [0.25, 0.3) is 0 Å². The molecule has 0 atom stereocenters. The van der Waals surface area contributed by atoms with Crippen LogP contribution in [0.3, 0.4) is 0 Å². The highest BCUT2D eigenvalue weighted by Crippen LogP contribution is 2.18. The summed E-state index contributed by atoms with van der Waals surface area (Å²) in [5, 5.41) is 14.6. The molecule has 3 aromatic rings. The number of para-hydroxylation sites is 1. The first-order chi connectivity index (χ1) is 11.2. The fourth-order valence-electron chi connectivity index (χ4n) is 1.85. The molecule has 0 saturated carbocycles. The largest absolute Gasteiger partial charge is 0.488 e. The molecular formula is C15H13FN6O. The highest BCUT2D eigenvalue weighted by molar-refractivity contribution is 5.83. The third-order valence-corrected chi connectivity index (χ3v) is 3.01. The molecule has 1 aromatic heterocycles. The first-order valence-corrected chi connectivity index (χ1v) is 6.77. The Labute approximate surface area is 131 Å². The predicted molar refractivity (Wildman–Crippen MR) is 82.4 cm³/mol. The van der Waals surface area contributed by atoms with Crippen LogP contribution in [-0.4, -0.2) is 26.5 Å². The van der Waals surface area contributed by atoms with Crippen molar-refractivity contribution >= 4 is 12.2 Å². The van der Waals surface area contributed by atoms with Crippen molar-refractivity contribution in [1.29, 1.82) is 0 Å². The number of halogens is 1. The van der Waals surface area contributed by atoms with Gasteiger partial charge in [-0.2, -0.15) is 5.10 Å². The van der Waals surface area contributed by atoms with Crippen molar-refractivity contribution in [2.24, 2.45) is 5.10 Å². The number of nitrogens with two attached hydrogens (primary N) is 1. The summed E-state index contributed by atoms with van der Waals surface area (Å²) in [5.74, 6) is 0.443. The van der Waals surface area contributed by atoms with Gasteiger partial charge >= 0.3 is 0 Å². The molecule has 3 rings (SSSR count). The minimum Gasteiger partial charge on any atom is -0.488 e. The zero-order valence-electron chi connectivity index (χ0n) is 12.0. The van der Waals surface area contributed by atoms with Crippen molar-refractivity contribution in [2.75, 3.05) is 5.73 Å². The van der Waals surface area contributed by atoms with Crippen LogP contribution in [0.5, 0.6) is 5.75 Å². The fraction of sp³-hybridized carbons (Fsp3) is 0.0667. The lowest BCUT2D eigenvalue weighted by Gasteiger charge is -2.08. The second kappa shape index (κ2) is 6.65. The van der Waals surface area contributed by atoms with E-state index < -0.39 is 0 Å². The molecule has 0 aliphatic carbocycles. The summed E-state index contributed by atoms with van der Waals surface area (Å²) < 4.78 is 18.7. The number of benzene rings is 2. The molecule has 7 nitrogen and oxygen atoms in total. The lowest BCUT2D eigenvalue weighted by molar-refractivity contribution is 0.305. The van der Waals surface area contributed by atoms with E-state index in [-0.39, 0.29) is 11.8 Å². The molecule has 0 saturated heterocycles. The van der Waals surface area contributed by atoms with Gasteiger partial charge < -0.3 is 10.5 Å². The summed E-state index contributed by atoms with van der Waals surface area (Å²) in [4.78, 5) is 1.11. The van der Waals surface area contributed by atoms with Gasteiger partial charge in [-0.3, -0.25) is 0 Å². The molecule has 0 radical (unpaired) electrons. The number of nitrogens with zero attached hydrogens (tertiary/aromatic N) is 5. The molecule has 0 fully saturated rings. The van der Waals surface area contributed by atoms with Crippen LogP contribution in [0, 0.1) is 5.82 Å². The average Bonchev–Trinajstić information content (AvgIpc) is 2.98. The van der Waals surface area contributed by atoms with E-state index in [1.165, 1.54) is 12.1 Å². The van der Waals surface area contributed by atoms with Crippen molar-refractivity contribution in [3.8, 4) is 5.75 Å². The number of tetrazole rings is 1. The maximum absolute atomic E-state index is 12.9. The van der Waals surface area contributed by atoms with Gasteiger partial charge in [0.1, 0.15) is 18.2 Å². The molecular weight excluding hydrogens is 299 g/mol. The van der Waals surface area contributed by atoms with Crippen LogP contribution >= 0.6 is 0 Å². The molecule has 2 N–H and O–H groups in total. The summed E-state index contributed by atoms with van der Waals surface area (Å²) in [6.45, 7) is 0.318. The van der Waals surface area contributed by atoms with Gasteiger partial charge in [0.15, 0.2) is 0 Å². The van der Waals surface area contributed by atoms with Gasteiger partial charge in [0.05, 0.1) is 6.21 Å². The summed E-state index contributed by atoms with van der Waals surface area (Å²) in [7, 11) is 0. The second-order valence-electron chi connectivity index (χ2n) is 4.62. The van der Waals surface area contributed by atoms with Crippen molar-refractivity contribution in [3.63, 3.8) is 0 Å². The summed E-state index contributed by atoms with van der Waals surface area (Å²) in [6.07, 6.45) is 1.55. The molecule has 0 aliphatic rings. The molecule has 8 heteroatoms. The number of hydrogen-bond acceptors (Lipinski definition) is 6. The molecule has 0 spiro atoms. The van der Waals surface area contributed by atoms with Gasteiger partial charge in [-0.1, -0.05) is 34.2 Å². The third-order valence-electron chi connectivity index (χ3n) is 3.01. The Morgan fingerprint density at radius 2 is 1.96 bits per heavy atom. The molecule has 0 amide bonds. The van der Waals surface area contributed by atoms with Crippen molar-refractivity contribution in [3.05, 3.63) is 65.5 Å². The maximum Gasteiger partial charge on any atom is 0.263 e. The van der Waals surface area contributed by atoms with Crippen LogP contribution < -0.4 is 10.5 Å². The van der Waals surface area contributed by atoms with Gasteiger partial charge in [-0.25, -0.2) is 4.39 Å². The quantitative estimate of drug-likeness (QED) is 0.726. The van der Waals surface area contributed by atoms with Crippen LogP contribution in [-0.2, 0) is 6.61 Å². The Balaban J connectivity index is 1.74. The van der Waals surface area contributed by atoms with Gasteiger partial charge in [-0.15, -0.1) is 0 Å². The Hall–Kier alpha value is -3.29. The molecule has 1 heterocycles. The minimum atomic E-state index is -0.277. The zero-order chi connectivity index (χ0) is 16.1. The van der Waals surface area contributed by atoms with E-state index in [0.717, 1.165) is 15.9 Å². The number of aromatic nitrogens is 4. The highest BCUT2D eigenvalue weighted by atomic mass is 19.1. The summed E-state index contributed by atoms with van der Waals surface area (Å²) >= 11 is 0. The van der Waals surface area contributed by atoms with E-state index in [2.05, 4.69) is 20.6 Å². The van der Waals surface area contributed by atoms with E-state index in [1.807, 2.05) is 24.3 Å². The van der Waals surface area contributed by atoms with E-state index in [1.54, 1.807) is 18.3 Å². The number of rotatable bonds is 5. The Morgan fingerprint density at radius 3 is 2.70 bits per heavy atom. The normalized spacial score (nSPS) is 11.0. The van der Waals surface area contributed by atoms with E-state index in [4.69, 9.17) is 10.5 Å². The zero-order valence-corrected chi connectivity index (χ0v) is 12.0. The van der Waals surface area contributed by atoms with Crippen molar-refractivity contribution in [1.82, 2.24) is 20.3 Å². The molecule has 0 aliphatic heterocycles. The van der Waals surface area contributed by atoms with Gasteiger partial charge in [0, 0.05) is 5.56 Å². The lowest BCUT2D eigenvalue weighted by Crippen LogP contribution is -2.01. The Morgan fingerprint density at radius 1 is 1.17 bits per heavy atom. The summed E-state index contributed by atoms with van der Waals surface area (Å²) in [5.41, 5.74) is 7.14. The van der Waals surface area contributed by atoms with E-state index >= 15 is 0 Å². The maximum atomic E-state index is 12.9. The SMILES string of the molecule is Nc1nnnn1N=Cc1ccccc1OCc1ccc(F)cc1. The average molecular weight is 312 g/mol. The van der Waals surface area contributed by atoms with Crippen LogP contribution in [0.15, 0.2) is 53.6 Å². The van der Waals surface area contributed by atoms with Crippen LogP contribution in [0.1, 0.15) is 11.1 Å². The first kappa shape index (κ1) is 14.6. The van der Waals surface area contributed by atoms with Gasteiger partial charge in [0.25, 0.3) is 5.95 Å². The smallest absolute Gasteiger partial charge is 0.263 e. The van der Waals surface area contributed by atoms with Crippen molar-refractivity contribution in [2.45, 2.75) is 6.61 Å². The van der Waals surface area contributed by atoms with E-state index in [0.29, 0.717) is 12.4 Å². The van der Waals surface area contributed by atoms with E-state index in [9.17, 15) is 4.39 Å². The molecule has 2 aromatic carbocycles. The molecule has 23 heavy (non-hydrogen) atoms. The molecule has 0 unspecified atom stereocenters. The van der Waals surface area contributed by atoms with Crippen LogP contribution in [0.2, 0.25) is 0 Å². The minimum absolute atomic E-state index is 0.0889. The Kier molecular flexibility index (Phi) is 4.23. The molecule has 0 bridgehead atoms. The van der Waals surface area contributed by atoms with Crippen molar-refractivity contribution < 1.29 is 9.13 Å². The van der Waals surface area contributed by atoms with Crippen LogP contribution in [0.4, 0.5) is 10.3 Å². The first-order valence-electron chi connectivity index (χ1n) is 6.77. The third kappa shape index (κ3) is 3.67. The highest BCUT2D eigenvalue weighted by Gasteiger charge is 2.03. The standard InChI is InChI=1S/C15H13FN6O/c16-13-7-5-11(6-8-13)10-23-14-4-2-1-3-12(14)9-18-22-15(17)19-20-21-22/h1-9H,10H2,(H2,17,19,21). The lowest BCUT2D eigenvalue weighted by atomic mass is 10.2. The fourth-order valence-corrected chi connectivity index (χ4v) is 1.85. The predicted octanol–water partition coefficient (Wildman–Crippen LogP) is 1.86. The number of nitrogen functional groups attached to an aromatic ring is 1. The Bertz CT molecular complexity index is 815. The summed E-state index contributed by atoms with van der Waals surface area (Å²) in [6, 6.07) is 13.5. The number of hydrogen-bond donors (Lipinski definition) is 1. The van der Waals surface area contributed by atoms with Gasteiger partial charge in [-0.05, 0) is 40.3 Å². The number of ether oxygens (including phenoxy) is 1. The monoisotopic (exact) mass is 312 g/mol. The number of anilines is 1.